The molecule has 0 saturated heterocycles. The summed E-state index contributed by atoms with van der Waals surface area (Å²) in [5.74, 6) is -0.656. The van der Waals surface area contributed by atoms with Crippen molar-refractivity contribution in [1.29, 1.82) is 0 Å². The second-order valence-electron chi connectivity index (χ2n) is 4.20. The van der Waals surface area contributed by atoms with Crippen LogP contribution in [0.5, 0.6) is 0 Å². The van der Waals surface area contributed by atoms with Gasteiger partial charge in [-0.15, -0.1) is 11.8 Å². The Kier molecular flexibility index (Phi) is 7.04. The van der Waals surface area contributed by atoms with E-state index in [0.717, 1.165) is 17.8 Å². The molecule has 3 nitrogen and oxygen atoms in total. The molecule has 0 aliphatic heterocycles. The summed E-state index contributed by atoms with van der Waals surface area (Å²) in [7, 11) is 0. The van der Waals surface area contributed by atoms with E-state index >= 15 is 0 Å². The van der Waals surface area contributed by atoms with Gasteiger partial charge in [0.1, 0.15) is 0 Å². The van der Waals surface area contributed by atoms with Crippen LogP contribution in [0.1, 0.15) is 25.0 Å². The molecule has 0 spiro atoms. The van der Waals surface area contributed by atoms with Crippen LogP contribution < -0.4 is 5.32 Å². The average molecular weight is 321 g/mol. The van der Waals surface area contributed by atoms with Crippen LogP contribution in [-0.4, -0.2) is 24.9 Å². The first-order valence-electron chi connectivity index (χ1n) is 6.57. The van der Waals surface area contributed by atoms with Crippen LogP contribution in [0.25, 0.3) is 0 Å². The van der Waals surface area contributed by atoms with Gasteiger partial charge in [0, 0.05) is 11.4 Å². The van der Waals surface area contributed by atoms with Crippen LogP contribution >= 0.6 is 11.8 Å². The summed E-state index contributed by atoms with van der Waals surface area (Å²) in [5.41, 5.74) is -0.156. The lowest BCUT2D eigenvalue weighted by Gasteiger charge is -2.14. The second kappa shape index (κ2) is 8.29. The molecule has 1 rings (SSSR count). The third-order valence-corrected chi connectivity index (χ3v) is 3.63. The molecule has 0 fully saturated rings. The van der Waals surface area contributed by atoms with Gasteiger partial charge in [-0.25, -0.2) is 0 Å². The highest BCUT2D eigenvalue weighted by atomic mass is 32.2. The Hall–Kier alpha value is -1.21. The number of ether oxygens (including phenoxy) is 1. The fourth-order valence-electron chi connectivity index (χ4n) is 1.64. The molecule has 0 amide bonds. The van der Waals surface area contributed by atoms with Gasteiger partial charge in [-0.05, 0) is 31.2 Å². The van der Waals surface area contributed by atoms with Crippen molar-refractivity contribution in [1.82, 2.24) is 5.32 Å². The summed E-state index contributed by atoms with van der Waals surface area (Å²) in [6.07, 6.45) is -4.45. The lowest BCUT2D eigenvalue weighted by atomic mass is 10.1. The van der Waals surface area contributed by atoms with Gasteiger partial charge in [0.25, 0.3) is 0 Å². The Morgan fingerprint density at radius 2 is 2.05 bits per heavy atom. The number of rotatable bonds is 7. The molecule has 0 unspecified atom stereocenters. The predicted molar refractivity (Wildman–Crippen MR) is 76.2 cm³/mol. The molecule has 7 heteroatoms. The van der Waals surface area contributed by atoms with Gasteiger partial charge >= 0.3 is 12.1 Å². The summed E-state index contributed by atoms with van der Waals surface area (Å²) >= 11 is 0.840. The van der Waals surface area contributed by atoms with E-state index < -0.39 is 17.7 Å². The quantitative estimate of drug-likeness (QED) is 0.616. The van der Waals surface area contributed by atoms with Crippen molar-refractivity contribution in [2.24, 2.45) is 0 Å². The van der Waals surface area contributed by atoms with E-state index in [4.69, 9.17) is 4.74 Å². The molecule has 0 aliphatic carbocycles. The molecule has 1 aromatic rings. The molecule has 118 valence electrons. The molecule has 0 atom stereocenters. The topological polar surface area (TPSA) is 38.3 Å². The minimum absolute atomic E-state index is 0.0378. The Labute approximate surface area is 126 Å². The van der Waals surface area contributed by atoms with E-state index in [0.29, 0.717) is 18.7 Å². The summed E-state index contributed by atoms with van der Waals surface area (Å²) in [6.45, 7) is 4.81. The number of alkyl halides is 3. The summed E-state index contributed by atoms with van der Waals surface area (Å²) in [5, 5.41) is 2.98. The zero-order valence-electron chi connectivity index (χ0n) is 11.9. The van der Waals surface area contributed by atoms with E-state index in [1.807, 2.05) is 6.92 Å². The lowest BCUT2D eigenvalue weighted by molar-refractivity contribution is -0.141. The highest BCUT2D eigenvalue weighted by molar-refractivity contribution is 8.00. The van der Waals surface area contributed by atoms with Crippen LogP contribution in [0.3, 0.4) is 0 Å². The molecular weight excluding hydrogens is 303 g/mol. The van der Waals surface area contributed by atoms with Crippen molar-refractivity contribution in [3.8, 4) is 0 Å². The molecular formula is C14H18F3NO2S. The number of hydrogen-bond donors (Lipinski definition) is 1. The monoisotopic (exact) mass is 321 g/mol. The van der Waals surface area contributed by atoms with Crippen molar-refractivity contribution in [2.75, 3.05) is 18.9 Å². The van der Waals surface area contributed by atoms with E-state index in [1.54, 1.807) is 13.0 Å². The van der Waals surface area contributed by atoms with Crippen molar-refractivity contribution in [3.63, 3.8) is 0 Å². The Bertz CT molecular complexity index is 478. The molecule has 0 bridgehead atoms. The molecule has 21 heavy (non-hydrogen) atoms. The minimum Gasteiger partial charge on any atom is -0.465 e. The van der Waals surface area contributed by atoms with Gasteiger partial charge in [0.15, 0.2) is 0 Å². The van der Waals surface area contributed by atoms with Gasteiger partial charge in [-0.3, -0.25) is 4.79 Å². The molecule has 1 N–H and O–H groups in total. The number of thioether (sulfide) groups is 1. The standard InChI is InChI=1S/C14H18F3NO2S/c1-3-18-8-10-5-6-12(11(7-10)14(15,16)17)21-9-13(19)20-4-2/h5-7,18H,3-4,8-9H2,1-2H3. The van der Waals surface area contributed by atoms with Crippen LogP contribution in [0.15, 0.2) is 23.1 Å². The van der Waals surface area contributed by atoms with Gasteiger partial charge in [-0.1, -0.05) is 13.0 Å². The molecule has 0 heterocycles. The molecule has 0 radical (unpaired) electrons. The first-order chi connectivity index (χ1) is 9.88. The number of halogens is 3. The number of carbonyl (C=O) groups excluding carboxylic acids is 1. The Balaban J connectivity index is 2.89. The molecule has 0 saturated carbocycles. The number of hydrogen-bond acceptors (Lipinski definition) is 4. The van der Waals surface area contributed by atoms with E-state index in [-0.39, 0.29) is 17.3 Å². The number of nitrogens with one attached hydrogen (secondary N) is 1. The maximum absolute atomic E-state index is 13.1. The first kappa shape index (κ1) is 17.8. The van der Waals surface area contributed by atoms with Gasteiger partial charge in [-0.2, -0.15) is 13.2 Å². The van der Waals surface area contributed by atoms with E-state index in [9.17, 15) is 18.0 Å². The van der Waals surface area contributed by atoms with Crippen LogP contribution in [0.4, 0.5) is 13.2 Å². The van der Waals surface area contributed by atoms with Crippen molar-refractivity contribution in [3.05, 3.63) is 29.3 Å². The van der Waals surface area contributed by atoms with Crippen LogP contribution in [0.2, 0.25) is 0 Å². The average Bonchev–Trinajstić information content (AvgIpc) is 2.42. The third-order valence-electron chi connectivity index (χ3n) is 2.58. The summed E-state index contributed by atoms with van der Waals surface area (Å²) < 4.78 is 43.9. The maximum Gasteiger partial charge on any atom is 0.417 e. The first-order valence-corrected chi connectivity index (χ1v) is 7.56. The summed E-state index contributed by atoms with van der Waals surface area (Å²) in [4.78, 5) is 11.3. The maximum atomic E-state index is 13.1. The smallest absolute Gasteiger partial charge is 0.417 e. The number of benzene rings is 1. The van der Waals surface area contributed by atoms with Crippen molar-refractivity contribution >= 4 is 17.7 Å². The largest absolute Gasteiger partial charge is 0.465 e. The SMILES string of the molecule is CCNCc1ccc(SCC(=O)OCC)c(C(F)(F)F)c1. The zero-order valence-corrected chi connectivity index (χ0v) is 12.7. The summed E-state index contributed by atoms with van der Waals surface area (Å²) in [6, 6.07) is 4.15. The van der Waals surface area contributed by atoms with Crippen LogP contribution in [-0.2, 0) is 22.3 Å². The van der Waals surface area contributed by atoms with Gasteiger partial charge < -0.3 is 10.1 Å². The fraction of sp³-hybridized carbons (Fsp3) is 0.500. The number of carbonyl (C=O) groups is 1. The van der Waals surface area contributed by atoms with E-state index in [1.165, 1.54) is 6.07 Å². The highest BCUT2D eigenvalue weighted by Crippen LogP contribution is 2.37. The van der Waals surface area contributed by atoms with Crippen LogP contribution in [0, 0.1) is 0 Å². The van der Waals surface area contributed by atoms with Crippen molar-refractivity contribution in [2.45, 2.75) is 31.5 Å². The fourth-order valence-corrected chi connectivity index (χ4v) is 2.49. The zero-order chi connectivity index (χ0) is 15.9. The molecule has 0 aliphatic rings. The third kappa shape index (κ3) is 5.97. The second-order valence-corrected chi connectivity index (χ2v) is 5.22. The lowest BCUT2D eigenvalue weighted by Crippen LogP contribution is -2.14. The number of esters is 1. The van der Waals surface area contributed by atoms with E-state index in [2.05, 4.69) is 5.32 Å². The highest BCUT2D eigenvalue weighted by Gasteiger charge is 2.33. The van der Waals surface area contributed by atoms with Gasteiger partial charge in [0.05, 0.1) is 17.9 Å². The normalized spacial score (nSPS) is 11.5. The Morgan fingerprint density at radius 1 is 1.33 bits per heavy atom. The van der Waals surface area contributed by atoms with Gasteiger partial charge in [0.2, 0.25) is 0 Å². The van der Waals surface area contributed by atoms with Crippen molar-refractivity contribution < 1.29 is 22.7 Å². The predicted octanol–water partition coefficient (Wildman–Crippen LogP) is 3.47. The molecule has 1 aromatic carbocycles. The molecule has 0 aromatic heterocycles. The minimum atomic E-state index is -4.45. The Morgan fingerprint density at radius 3 is 2.62 bits per heavy atom.